The van der Waals surface area contributed by atoms with Crippen LogP contribution in [0.15, 0.2) is 42.5 Å². The topological polar surface area (TPSA) is 12.0 Å². The van der Waals surface area contributed by atoms with Gasteiger partial charge in [-0.1, -0.05) is 36.2 Å². The van der Waals surface area contributed by atoms with Crippen LogP contribution in [0.1, 0.15) is 24.9 Å². The van der Waals surface area contributed by atoms with Crippen LogP contribution in [0.3, 0.4) is 0 Å². The van der Waals surface area contributed by atoms with E-state index in [1.807, 2.05) is 12.1 Å². The van der Waals surface area contributed by atoms with E-state index < -0.39 is 0 Å². The lowest BCUT2D eigenvalue weighted by atomic mass is 10.0. The van der Waals surface area contributed by atoms with Crippen molar-refractivity contribution in [2.45, 2.75) is 19.4 Å². The van der Waals surface area contributed by atoms with E-state index in [4.69, 9.17) is 23.2 Å². The summed E-state index contributed by atoms with van der Waals surface area (Å²) in [5.41, 5.74) is 1.93. The lowest BCUT2D eigenvalue weighted by Gasteiger charge is -2.19. The number of nitrogens with one attached hydrogen (secondary N) is 1. The molecule has 1 N–H and O–H groups in total. The standard InChI is InChI=1S/C15H14Cl2FN/c1-2-15(10-3-8-13(16)14(17)9-10)19-12-6-4-11(18)5-7-12/h3-9,15,19H,2H2,1H3. The van der Waals surface area contributed by atoms with Crippen LogP contribution < -0.4 is 5.32 Å². The van der Waals surface area contributed by atoms with E-state index in [0.29, 0.717) is 10.0 Å². The zero-order chi connectivity index (χ0) is 13.8. The van der Waals surface area contributed by atoms with Gasteiger partial charge in [-0.3, -0.25) is 0 Å². The van der Waals surface area contributed by atoms with Gasteiger partial charge >= 0.3 is 0 Å². The Balaban J connectivity index is 2.19. The first-order chi connectivity index (χ1) is 9.10. The molecule has 0 spiro atoms. The predicted octanol–water partition coefficient (Wildman–Crippen LogP) is 5.70. The summed E-state index contributed by atoms with van der Waals surface area (Å²) in [5.74, 6) is -0.242. The zero-order valence-electron chi connectivity index (χ0n) is 10.5. The molecule has 0 radical (unpaired) electrons. The van der Waals surface area contributed by atoms with Gasteiger partial charge in [-0.2, -0.15) is 0 Å². The molecular weight excluding hydrogens is 284 g/mol. The molecule has 100 valence electrons. The van der Waals surface area contributed by atoms with Gasteiger partial charge in [-0.05, 0) is 48.4 Å². The minimum absolute atomic E-state index is 0.111. The summed E-state index contributed by atoms with van der Waals surface area (Å²) in [6.07, 6.45) is 0.884. The zero-order valence-corrected chi connectivity index (χ0v) is 12.0. The molecule has 0 aliphatic heterocycles. The van der Waals surface area contributed by atoms with Crippen molar-refractivity contribution in [2.75, 3.05) is 5.32 Å². The highest BCUT2D eigenvalue weighted by molar-refractivity contribution is 6.42. The highest BCUT2D eigenvalue weighted by Gasteiger charge is 2.10. The molecular formula is C15H14Cl2FN. The quantitative estimate of drug-likeness (QED) is 0.764. The third kappa shape index (κ3) is 3.62. The van der Waals surface area contributed by atoms with Crippen LogP contribution in [0.25, 0.3) is 0 Å². The van der Waals surface area contributed by atoms with Crippen LogP contribution in [0, 0.1) is 5.82 Å². The number of anilines is 1. The molecule has 0 aliphatic carbocycles. The van der Waals surface area contributed by atoms with E-state index in [1.165, 1.54) is 12.1 Å². The van der Waals surface area contributed by atoms with Gasteiger partial charge < -0.3 is 5.32 Å². The molecule has 0 aliphatic rings. The first kappa shape index (κ1) is 14.2. The first-order valence-electron chi connectivity index (χ1n) is 6.07. The van der Waals surface area contributed by atoms with Crippen molar-refractivity contribution < 1.29 is 4.39 Å². The Morgan fingerprint density at radius 1 is 1.05 bits per heavy atom. The van der Waals surface area contributed by atoms with E-state index in [1.54, 1.807) is 18.2 Å². The molecule has 0 saturated heterocycles. The van der Waals surface area contributed by atoms with E-state index in [2.05, 4.69) is 12.2 Å². The van der Waals surface area contributed by atoms with Gasteiger partial charge in [0.05, 0.1) is 16.1 Å². The SMILES string of the molecule is CCC(Nc1ccc(F)cc1)c1ccc(Cl)c(Cl)c1. The summed E-state index contributed by atoms with van der Waals surface area (Å²) in [7, 11) is 0. The number of rotatable bonds is 4. The van der Waals surface area contributed by atoms with Gasteiger partial charge in [0.15, 0.2) is 0 Å². The Labute approximate surface area is 122 Å². The van der Waals surface area contributed by atoms with Gasteiger partial charge in [0.1, 0.15) is 5.82 Å². The molecule has 2 aromatic carbocycles. The van der Waals surface area contributed by atoms with E-state index >= 15 is 0 Å². The van der Waals surface area contributed by atoms with Crippen LogP contribution in [-0.2, 0) is 0 Å². The van der Waals surface area contributed by atoms with Crippen LogP contribution in [0.4, 0.5) is 10.1 Å². The molecule has 0 aromatic heterocycles. The van der Waals surface area contributed by atoms with Gasteiger partial charge in [0, 0.05) is 5.69 Å². The highest BCUT2D eigenvalue weighted by atomic mass is 35.5. The fourth-order valence-electron chi connectivity index (χ4n) is 1.90. The minimum Gasteiger partial charge on any atom is -0.378 e. The Morgan fingerprint density at radius 2 is 1.74 bits per heavy atom. The highest BCUT2D eigenvalue weighted by Crippen LogP contribution is 2.29. The smallest absolute Gasteiger partial charge is 0.123 e. The Kier molecular flexibility index (Phi) is 4.67. The average Bonchev–Trinajstić information content (AvgIpc) is 2.41. The molecule has 1 nitrogen and oxygen atoms in total. The third-order valence-corrected chi connectivity index (χ3v) is 3.68. The number of hydrogen-bond acceptors (Lipinski definition) is 1. The second kappa shape index (κ2) is 6.27. The van der Waals surface area contributed by atoms with Crippen molar-refractivity contribution in [2.24, 2.45) is 0 Å². The normalized spacial score (nSPS) is 12.2. The number of halogens is 3. The Bertz CT molecular complexity index is 555. The second-order valence-electron chi connectivity index (χ2n) is 4.29. The van der Waals surface area contributed by atoms with Crippen LogP contribution in [-0.4, -0.2) is 0 Å². The first-order valence-corrected chi connectivity index (χ1v) is 6.82. The number of hydrogen-bond donors (Lipinski definition) is 1. The molecule has 0 amide bonds. The van der Waals surface area contributed by atoms with Crippen LogP contribution in [0.5, 0.6) is 0 Å². The maximum absolute atomic E-state index is 12.9. The van der Waals surface area contributed by atoms with Crippen molar-refractivity contribution in [1.82, 2.24) is 0 Å². The van der Waals surface area contributed by atoms with Gasteiger partial charge in [0.2, 0.25) is 0 Å². The maximum atomic E-state index is 12.9. The Hall–Kier alpha value is -1.25. The molecule has 1 unspecified atom stereocenters. The van der Waals surface area contributed by atoms with Gasteiger partial charge in [0.25, 0.3) is 0 Å². The minimum atomic E-state index is -0.242. The summed E-state index contributed by atoms with van der Waals surface area (Å²) in [5, 5.41) is 4.43. The summed E-state index contributed by atoms with van der Waals surface area (Å²) < 4.78 is 12.9. The van der Waals surface area contributed by atoms with Crippen molar-refractivity contribution >= 4 is 28.9 Å². The predicted molar refractivity (Wildman–Crippen MR) is 79.5 cm³/mol. The van der Waals surface area contributed by atoms with Crippen molar-refractivity contribution in [3.05, 3.63) is 63.9 Å². The molecule has 2 aromatic rings. The second-order valence-corrected chi connectivity index (χ2v) is 5.10. The molecule has 4 heteroatoms. The van der Waals surface area contributed by atoms with Crippen molar-refractivity contribution in [1.29, 1.82) is 0 Å². The molecule has 0 fully saturated rings. The maximum Gasteiger partial charge on any atom is 0.123 e. The monoisotopic (exact) mass is 297 g/mol. The molecule has 1 atom stereocenters. The molecule has 19 heavy (non-hydrogen) atoms. The van der Waals surface area contributed by atoms with Gasteiger partial charge in [-0.25, -0.2) is 4.39 Å². The molecule has 0 heterocycles. The number of benzene rings is 2. The average molecular weight is 298 g/mol. The summed E-state index contributed by atoms with van der Waals surface area (Å²) in [4.78, 5) is 0. The molecule has 0 bridgehead atoms. The van der Waals surface area contributed by atoms with Crippen molar-refractivity contribution in [3.63, 3.8) is 0 Å². The third-order valence-electron chi connectivity index (χ3n) is 2.94. The van der Waals surface area contributed by atoms with E-state index in [9.17, 15) is 4.39 Å². The van der Waals surface area contributed by atoms with E-state index in [-0.39, 0.29) is 11.9 Å². The Morgan fingerprint density at radius 3 is 2.32 bits per heavy atom. The van der Waals surface area contributed by atoms with Crippen molar-refractivity contribution in [3.8, 4) is 0 Å². The fraction of sp³-hybridized carbons (Fsp3) is 0.200. The van der Waals surface area contributed by atoms with E-state index in [0.717, 1.165) is 17.7 Å². The fourth-order valence-corrected chi connectivity index (χ4v) is 2.20. The largest absolute Gasteiger partial charge is 0.378 e. The lowest BCUT2D eigenvalue weighted by Crippen LogP contribution is -2.09. The lowest BCUT2D eigenvalue weighted by molar-refractivity contribution is 0.627. The van der Waals surface area contributed by atoms with Gasteiger partial charge in [-0.15, -0.1) is 0 Å². The molecule has 0 saturated carbocycles. The van der Waals surface area contributed by atoms with Crippen LogP contribution in [0.2, 0.25) is 10.0 Å². The van der Waals surface area contributed by atoms with Crippen LogP contribution >= 0.6 is 23.2 Å². The molecule has 2 rings (SSSR count). The summed E-state index contributed by atoms with van der Waals surface area (Å²) in [6.45, 7) is 2.07. The summed E-state index contributed by atoms with van der Waals surface area (Å²) in [6, 6.07) is 12.0. The summed E-state index contributed by atoms with van der Waals surface area (Å²) >= 11 is 11.9.